The van der Waals surface area contributed by atoms with E-state index in [1.807, 2.05) is 48.7 Å². The number of nitrogens with zero attached hydrogens (tertiary/aromatic N) is 3. The van der Waals surface area contributed by atoms with E-state index >= 15 is 0 Å². The highest BCUT2D eigenvalue weighted by molar-refractivity contribution is 5.69. The maximum atomic E-state index is 5.39. The van der Waals surface area contributed by atoms with Gasteiger partial charge in [-0.1, -0.05) is 6.08 Å². The molecule has 2 heterocycles. The summed E-state index contributed by atoms with van der Waals surface area (Å²) in [5.74, 6) is 2.28. The van der Waals surface area contributed by atoms with Crippen molar-refractivity contribution in [2.75, 3.05) is 26.1 Å². The first-order valence-corrected chi connectivity index (χ1v) is 8.03. The van der Waals surface area contributed by atoms with Gasteiger partial charge in [-0.15, -0.1) is 6.58 Å². The number of ether oxygens (including phenoxy) is 2. The van der Waals surface area contributed by atoms with Gasteiger partial charge in [-0.25, -0.2) is 4.98 Å². The van der Waals surface area contributed by atoms with E-state index in [0.29, 0.717) is 18.0 Å². The molecule has 0 spiro atoms. The van der Waals surface area contributed by atoms with Crippen LogP contribution >= 0.6 is 0 Å². The monoisotopic (exact) mass is 338 g/mol. The van der Waals surface area contributed by atoms with Crippen LogP contribution < -0.4 is 14.8 Å². The van der Waals surface area contributed by atoms with Crippen molar-refractivity contribution < 1.29 is 9.47 Å². The number of hydrogen-bond acceptors (Lipinski definition) is 5. The highest BCUT2D eigenvalue weighted by Crippen LogP contribution is 2.32. The average molecular weight is 338 g/mol. The Kier molecular flexibility index (Phi) is 4.61. The van der Waals surface area contributed by atoms with Gasteiger partial charge in [0.2, 0.25) is 0 Å². The second kappa shape index (κ2) is 6.84. The van der Waals surface area contributed by atoms with Crippen LogP contribution in [-0.4, -0.2) is 35.4 Å². The third-order valence-corrected chi connectivity index (χ3v) is 4.18. The van der Waals surface area contributed by atoms with E-state index in [-0.39, 0.29) is 0 Å². The number of methoxy groups -OCH3 is 2. The zero-order valence-corrected chi connectivity index (χ0v) is 15.0. The molecule has 0 amide bonds. The summed E-state index contributed by atoms with van der Waals surface area (Å²) in [7, 11) is 3.24. The van der Waals surface area contributed by atoms with Crippen LogP contribution in [0, 0.1) is 13.8 Å². The fraction of sp³-hybridized carbons (Fsp3) is 0.263. The molecule has 3 rings (SSSR count). The Hall–Kier alpha value is -3.02. The molecule has 130 valence electrons. The normalized spacial score (nSPS) is 10.7. The lowest BCUT2D eigenvalue weighted by Gasteiger charge is -2.11. The number of anilines is 1. The molecule has 0 atom stereocenters. The van der Waals surface area contributed by atoms with Crippen molar-refractivity contribution in [3.05, 3.63) is 48.2 Å². The van der Waals surface area contributed by atoms with Crippen LogP contribution in [0.3, 0.4) is 0 Å². The first-order chi connectivity index (χ1) is 12.1. The van der Waals surface area contributed by atoms with Crippen molar-refractivity contribution in [3.63, 3.8) is 0 Å². The quantitative estimate of drug-likeness (QED) is 0.696. The summed E-state index contributed by atoms with van der Waals surface area (Å²) < 4.78 is 12.5. The minimum absolute atomic E-state index is 0.658. The van der Waals surface area contributed by atoms with E-state index in [1.165, 1.54) is 0 Å². The molecule has 0 aliphatic heterocycles. The Morgan fingerprint density at radius 2 is 1.92 bits per heavy atom. The van der Waals surface area contributed by atoms with Crippen LogP contribution in [0.2, 0.25) is 0 Å². The van der Waals surface area contributed by atoms with E-state index in [4.69, 9.17) is 14.6 Å². The van der Waals surface area contributed by atoms with Gasteiger partial charge in [-0.3, -0.25) is 0 Å². The second-order valence-electron chi connectivity index (χ2n) is 5.71. The zero-order valence-electron chi connectivity index (χ0n) is 15.0. The smallest absolute Gasteiger partial charge is 0.161 e. The largest absolute Gasteiger partial charge is 0.493 e. The Balaban J connectivity index is 2.14. The number of fused-ring (bicyclic) bond motifs is 1. The lowest BCUT2D eigenvalue weighted by molar-refractivity contribution is 0.355. The van der Waals surface area contributed by atoms with Crippen molar-refractivity contribution in [2.45, 2.75) is 13.8 Å². The van der Waals surface area contributed by atoms with Crippen molar-refractivity contribution in [3.8, 4) is 22.8 Å². The lowest BCUT2D eigenvalue weighted by atomic mass is 10.1. The molecule has 0 aliphatic carbocycles. The predicted octanol–water partition coefficient (Wildman–Crippen LogP) is 3.63. The summed E-state index contributed by atoms with van der Waals surface area (Å²) >= 11 is 0. The van der Waals surface area contributed by atoms with Gasteiger partial charge in [0.05, 0.1) is 19.9 Å². The third kappa shape index (κ3) is 3.03. The first kappa shape index (κ1) is 16.8. The summed E-state index contributed by atoms with van der Waals surface area (Å²) in [4.78, 5) is 4.65. The number of hydrogen-bond donors (Lipinski definition) is 1. The number of aromatic nitrogens is 3. The molecule has 0 unspecified atom stereocenters. The lowest BCUT2D eigenvalue weighted by Crippen LogP contribution is -2.09. The summed E-state index contributed by atoms with van der Waals surface area (Å²) in [6.45, 7) is 8.45. The fourth-order valence-corrected chi connectivity index (χ4v) is 2.71. The van der Waals surface area contributed by atoms with Gasteiger partial charge < -0.3 is 14.8 Å². The van der Waals surface area contributed by atoms with Crippen LogP contribution in [0.25, 0.3) is 16.9 Å². The highest BCUT2D eigenvalue weighted by atomic mass is 16.5. The molecule has 0 bridgehead atoms. The van der Waals surface area contributed by atoms with E-state index in [2.05, 4.69) is 16.9 Å². The van der Waals surface area contributed by atoms with Crippen LogP contribution in [0.4, 0.5) is 5.82 Å². The van der Waals surface area contributed by atoms with E-state index in [1.54, 1.807) is 14.2 Å². The molecule has 0 saturated carbocycles. The van der Waals surface area contributed by atoms with Crippen LogP contribution in [0.1, 0.15) is 11.3 Å². The van der Waals surface area contributed by atoms with Crippen LogP contribution in [0.5, 0.6) is 11.5 Å². The van der Waals surface area contributed by atoms with Gasteiger partial charge in [-0.05, 0) is 32.0 Å². The minimum Gasteiger partial charge on any atom is -0.493 e. The topological polar surface area (TPSA) is 60.7 Å². The van der Waals surface area contributed by atoms with Crippen molar-refractivity contribution in [1.82, 2.24) is 14.6 Å². The van der Waals surface area contributed by atoms with Gasteiger partial charge in [0.1, 0.15) is 5.82 Å². The molecule has 0 aliphatic rings. The number of benzene rings is 1. The predicted molar refractivity (Wildman–Crippen MR) is 99.7 cm³/mol. The Morgan fingerprint density at radius 3 is 2.60 bits per heavy atom. The van der Waals surface area contributed by atoms with E-state index < -0.39 is 0 Å². The molecular weight excluding hydrogens is 316 g/mol. The van der Waals surface area contributed by atoms with Crippen LogP contribution in [-0.2, 0) is 0 Å². The summed E-state index contributed by atoms with van der Waals surface area (Å²) in [6.07, 6.45) is 1.82. The van der Waals surface area contributed by atoms with Crippen molar-refractivity contribution >= 4 is 11.5 Å². The molecule has 6 nitrogen and oxygen atoms in total. The van der Waals surface area contributed by atoms with Gasteiger partial charge in [0.15, 0.2) is 17.1 Å². The van der Waals surface area contributed by atoms with Gasteiger partial charge >= 0.3 is 0 Å². The van der Waals surface area contributed by atoms with Crippen LogP contribution in [0.15, 0.2) is 36.9 Å². The molecule has 0 radical (unpaired) electrons. The van der Waals surface area contributed by atoms with Crippen molar-refractivity contribution in [1.29, 1.82) is 0 Å². The molecule has 1 aromatic carbocycles. The first-order valence-electron chi connectivity index (χ1n) is 8.03. The highest BCUT2D eigenvalue weighted by Gasteiger charge is 2.14. The molecule has 25 heavy (non-hydrogen) atoms. The maximum absolute atomic E-state index is 5.39. The summed E-state index contributed by atoms with van der Waals surface area (Å²) in [5.41, 5.74) is 4.59. The third-order valence-electron chi connectivity index (χ3n) is 4.18. The molecule has 3 aromatic rings. The van der Waals surface area contributed by atoms with E-state index in [0.717, 1.165) is 34.0 Å². The molecular formula is C19H22N4O2. The standard InChI is InChI=1S/C19H22N4O2/c1-6-9-20-19-12(2)13(3)21-18-11-15(22-23(18)19)14-7-8-16(24-4)17(10-14)25-5/h6-8,10-11,20H,1,9H2,2-5H3. The number of nitrogens with one attached hydrogen (secondary N) is 1. The van der Waals surface area contributed by atoms with Gasteiger partial charge in [0.25, 0.3) is 0 Å². The maximum Gasteiger partial charge on any atom is 0.161 e. The fourth-order valence-electron chi connectivity index (χ4n) is 2.71. The SMILES string of the molecule is C=CCNc1c(C)c(C)nc2cc(-c3ccc(OC)c(OC)c3)nn12. The Bertz CT molecular complexity index is 931. The average Bonchev–Trinajstić information content (AvgIpc) is 3.05. The Morgan fingerprint density at radius 1 is 1.16 bits per heavy atom. The molecule has 6 heteroatoms. The van der Waals surface area contributed by atoms with E-state index in [9.17, 15) is 0 Å². The van der Waals surface area contributed by atoms with Gasteiger partial charge in [-0.2, -0.15) is 9.61 Å². The second-order valence-corrected chi connectivity index (χ2v) is 5.71. The number of aryl methyl sites for hydroxylation is 1. The number of rotatable bonds is 6. The summed E-state index contributed by atoms with van der Waals surface area (Å²) in [6, 6.07) is 7.71. The van der Waals surface area contributed by atoms with Gasteiger partial charge in [0, 0.05) is 29.4 Å². The van der Waals surface area contributed by atoms with Crippen molar-refractivity contribution in [2.24, 2.45) is 0 Å². The minimum atomic E-state index is 0.658. The summed E-state index contributed by atoms with van der Waals surface area (Å²) in [5, 5.41) is 8.08. The Labute approximate surface area is 147 Å². The molecule has 0 saturated heterocycles. The molecule has 0 fully saturated rings. The molecule has 1 N–H and O–H groups in total. The zero-order chi connectivity index (χ0) is 18.0. The molecule has 2 aromatic heterocycles.